The molecular formula is C16H18N4O2. The molecule has 22 heavy (non-hydrogen) atoms. The predicted octanol–water partition coefficient (Wildman–Crippen LogP) is 1.70. The van der Waals surface area contributed by atoms with Gasteiger partial charge in [-0.1, -0.05) is 6.07 Å². The van der Waals surface area contributed by atoms with Gasteiger partial charge in [0.05, 0.1) is 6.20 Å². The molecule has 6 heteroatoms. The maximum absolute atomic E-state index is 12.6. The van der Waals surface area contributed by atoms with Crippen molar-refractivity contribution in [3.05, 3.63) is 48.4 Å². The monoisotopic (exact) mass is 298 g/mol. The number of rotatable bonds is 3. The lowest BCUT2D eigenvalue weighted by atomic mass is 10.1. The zero-order valence-electron chi connectivity index (χ0n) is 12.4. The SMILES string of the molecule is C[C@H]1CN(C(=O)c2cccc(Oc3cnccn3)c2)CCN1. The van der Waals surface area contributed by atoms with Gasteiger partial charge in [0.15, 0.2) is 0 Å². The molecule has 1 aliphatic heterocycles. The number of amides is 1. The number of nitrogens with one attached hydrogen (secondary N) is 1. The lowest BCUT2D eigenvalue weighted by Gasteiger charge is -2.32. The molecule has 0 unspecified atom stereocenters. The number of ether oxygens (including phenoxy) is 1. The standard InChI is InChI=1S/C16H18N4O2/c1-12-11-20(8-7-18-12)16(21)13-3-2-4-14(9-13)22-15-10-17-5-6-19-15/h2-6,9-10,12,18H,7-8,11H2,1H3/t12-/m0/s1. The summed E-state index contributed by atoms with van der Waals surface area (Å²) in [7, 11) is 0. The normalized spacial score (nSPS) is 18.0. The van der Waals surface area contributed by atoms with E-state index in [-0.39, 0.29) is 5.91 Å². The minimum Gasteiger partial charge on any atom is -0.437 e. The number of benzene rings is 1. The summed E-state index contributed by atoms with van der Waals surface area (Å²) < 4.78 is 5.62. The van der Waals surface area contributed by atoms with Crippen LogP contribution in [0.25, 0.3) is 0 Å². The fraction of sp³-hybridized carbons (Fsp3) is 0.312. The summed E-state index contributed by atoms with van der Waals surface area (Å²) in [5.41, 5.74) is 0.621. The summed E-state index contributed by atoms with van der Waals surface area (Å²) in [6, 6.07) is 7.47. The largest absolute Gasteiger partial charge is 0.437 e. The average Bonchev–Trinajstić information content (AvgIpc) is 2.55. The molecule has 1 atom stereocenters. The number of carbonyl (C=O) groups is 1. The maximum atomic E-state index is 12.6. The second-order valence-corrected chi connectivity index (χ2v) is 5.28. The minimum atomic E-state index is 0.0259. The molecule has 0 bridgehead atoms. The highest BCUT2D eigenvalue weighted by Crippen LogP contribution is 2.20. The molecule has 3 rings (SSSR count). The van der Waals surface area contributed by atoms with Gasteiger partial charge in [0.2, 0.25) is 5.88 Å². The Morgan fingerprint density at radius 1 is 1.41 bits per heavy atom. The first-order valence-electron chi connectivity index (χ1n) is 7.29. The molecule has 1 saturated heterocycles. The molecular weight excluding hydrogens is 280 g/mol. The van der Waals surface area contributed by atoms with Crippen LogP contribution in [0.15, 0.2) is 42.9 Å². The molecule has 1 amide bonds. The zero-order chi connectivity index (χ0) is 15.4. The number of aromatic nitrogens is 2. The minimum absolute atomic E-state index is 0.0259. The second kappa shape index (κ2) is 6.53. The maximum Gasteiger partial charge on any atom is 0.254 e. The molecule has 0 saturated carbocycles. The number of hydrogen-bond donors (Lipinski definition) is 1. The highest BCUT2D eigenvalue weighted by molar-refractivity contribution is 5.94. The van der Waals surface area contributed by atoms with E-state index >= 15 is 0 Å². The van der Waals surface area contributed by atoms with Gasteiger partial charge >= 0.3 is 0 Å². The van der Waals surface area contributed by atoms with E-state index in [9.17, 15) is 4.79 Å². The molecule has 1 aromatic heterocycles. The Balaban J connectivity index is 1.74. The Morgan fingerprint density at radius 2 is 2.32 bits per heavy atom. The molecule has 0 spiro atoms. The van der Waals surface area contributed by atoms with E-state index in [0.29, 0.717) is 29.8 Å². The van der Waals surface area contributed by atoms with Gasteiger partial charge in [-0.15, -0.1) is 0 Å². The van der Waals surface area contributed by atoms with Gasteiger partial charge in [-0.25, -0.2) is 4.98 Å². The zero-order valence-corrected chi connectivity index (χ0v) is 12.4. The first-order chi connectivity index (χ1) is 10.7. The van der Waals surface area contributed by atoms with Crippen LogP contribution in [0, 0.1) is 0 Å². The first-order valence-corrected chi connectivity index (χ1v) is 7.29. The van der Waals surface area contributed by atoms with Crippen LogP contribution in [-0.4, -0.2) is 46.5 Å². The lowest BCUT2D eigenvalue weighted by molar-refractivity contribution is 0.0709. The van der Waals surface area contributed by atoms with Crippen LogP contribution < -0.4 is 10.1 Å². The third-order valence-electron chi connectivity index (χ3n) is 3.50. The fourth-order valence-electron chi connectivity index (χ4n) is 2.45. The second-order valence-electron chi connectivity index (χ2n) is 5.28. The van der Waals surface area contributed by atoms with Crippen LogP contribution in [-0.2, 0) is 0 Å². The summed E-state index contributed by atoms with van der Waals surface area (Å²) in [5, 5.41) is 3.33. The summed E-state index contributed by atoms with van der Waals surface area (Å²) in [5.74, 6) is 1.01. The van der Waals surface area contributed by atoms with E-state index in [1.807, 2.05) is 11.0 Å². The molecule has 1 fully saturated rings. The van der Waals surface area contributed by atoms with Gasteiger partial charge in [-0.05, 0) is 25.1 Å². The van der Waals surface area contributed by atoms with E-state index < -0.39 is 0 Å². The van der Waals surface area contributed by atoms with E-state index in [4.69, 9.17) is 4.74 Å². The van der Waals surface area contributed by atoms with Crippen molar-refractivity contribution in [1.82, 2.24) is 20.2 Å². The van der Waals surface area contributed by atoms with Crippen molar-refractivity contribution in [2.45, 2.75) is 13.0 Å². The van der Waals surface area contributed by atoms with Gasteiger partial charge in [0.25, 0.3) is 5.91 Å². The lowest BCUT2D eigenvalue weighted by Crippen LogP contribution is -2.51. The van der Waals surface area contributed by atoms with E-state index in [1.165, 1.54) is 6.20 Å². The van der Waals surface area contributed by atoms with Crippen molar-refractivity contribution in [3.63, 3.8) is 0 Å². The van der Waals surface area contributed by atoms with E-state index in [0.717, 1.165) is 13.1 Å². The highest BCUT2D eigenvalue weighted by Gasteiger charge is 2.21. The van der Waals surface area contributed by atoms with Crippen molar-refractivity contribution >= 4 is 5.91 Å². The van der Waals surface area contributed by atoms with Crippen LogP contribution in [0.3, 0.4) is 0 Å². The van der Waals surface area contributed by atoms with E-state index in [2.05, 4.69) is 22.2 Å². The Labute approximate surface area is 129 Å². The predicted molar refractivity (Wildman–Crippen MR) is 81.9 cm³/mol. The molecule has 1 N–H and O–H groups in total. The molecule has 0 aliphatic carbocycles. The number of hydrogen-bond acceptors (Lipinski definition) is 5. The Kier molecular flexibility index (Phi) is 4.29. The van der Waals surface area contributed by atoms with Gasteiger partial charge in [-0.2, -0.15) is 0 Å². The fourth-order valence-corrected chi connectivity index (χ4v) is 2.45. The average molecular weight is 298 g/mol. The molecule has 114 valence electrons. The Bertz CT molecular complexity index is 648. The summed E-state index contributed by atoms with van der Waals surface area (Å²) in [4.78, 5) is 22.4. The summed E-state index contributed by atoms with van der Waals surface area (Å²) >= 11 is 0. The Morgan fingerprint density at radius 3 is 3.09 bits per heavy atom. The van der Waals surface area contributed by atoms with E-state index in [1.54, 1.807) is 30.6 Å². The Hall–Kier alpha value is -2.47. The van der Waals surface area contributed by atoms with Crippen LogP contribution in [0.5, 0.6) is 11.6 Å². The number of nitrogens with zero attached hydrogens (tertiary/aromatic N) is 3. The molecule has 1 aliphatic rings. The molecule has 2 heterocycles. The highest BCUT2D eigenvalue weighted by atomic mass is 16.5. The van der Waals surface area contributed by atoms with Crippen molar-refractivity contribution in [3.8, 4) is 11.6 Å². The van der Waals surface area contributed by atoms with Crippen LogP contribution in [0.2, 0.25) is 0 Å². The third-order valence-corrected chi connectivity index (χ3v) is 3.50. The summed E-state index contributed by atoms with van der Waals surface area (Å²) in [6.07, 6.45) is 4.68. The molecule has 6 nitrogen and oxygen atoms in total. The van der Waals surface area contributed by atoms with Crippen molar-refractivity contribution in [1.29, 1.82) is 0 Å². The van der Waals surface area contributed by atoms with Gasteiger partial charge in [0, 0.05) is 43.6 Å². The topological polar surface area (TPSA) is 67.4 Å². The molecule has 2 aromatic rings. The smallest absolute Gasteiger partial charge is 0.254 e. The van der Waals surface area contributed by atoms with Crippen molar-refractivity contribution in [2.75, 3.05) is 19.6 Å². The molecule has 1 aromatic carbocycles. The first kappa shape index (κ1) is 14.5. The van der Waals surface area contributed by atoms with Crippen molar-refractivity contribution < 1.29 is 9.53 Å². The number of piperazine rings is 1. The van der Waals surface area contributed by atoms with Gasteiger partial charge in [-0.3, -0.25) is 9.78 Å². The summed E-state index contributed by atoms with van der Waals surface area (Å²) in [6.45, 7) is 4.34. The van der Waals surface area contributed by atoms with Crippen LogP contribution in [0.4, 0.5) is 0 Å². The molecule has 0 radical (unpaired) electrons. The van der Waals surface area contributed by atoms with Crippen molar-refractivity contribution in [2.24, 2.45) is 0 Å². The van der Waals surface area contributed by atoms with Crippen LogP contribution in [0.1, 0.15) is 17.3 Å². The quantitative estimate of drug-likeness (QED) is 0.934. The van der Waals surface area contributed by atoms with Crippen LogP contribution >= 0.6 is 0 Å². The third kappa shape index (κ3) is 3.40. The van der Waals surface area contributed by atoms with Gasteiger partial charge < -0.3 is 15.0 Å². The van der Waals surface area contributed by atoms with Gasteiger partial charge in [0.1, 0.15) is 5.75 Å². The number of carbonyl (C=O) groups excluding carboxylic acids is 1.